The molecule has 0 spiro atoms. The van der Waals surface area contributed by atoms with Crippen molar-refractivity contribution in [2.45, 2.75) is 26.7 Å². The lowest BCUT2D eigenvalue weighted by atomic mass is 9.85. The quantitative estimate of drug-likeness (QED) is 0.611. The summed E-state index contributed by atoms with van der Waals surface area (Å²) in [7, 11) is 0. The van der Waals surface area contributed by atoms with Gasteiger partial charge in [-0.2, -0.15) is 5.26 Å². The van der Waals surface area contributed by atoms with Gasteiger partial charge in [0.25, 0.3) is 5.69 Å². The van der Waals surface area contributed by atoms with Gasteiger partial charge in [-0.3, -0.25) is 19.7 Å². The minimum atomic E-state index is -1.01. The number of nitrogens with zero attached hydrogens (tertiary/aromatic N) is 2. The number of hydrogen-bond acceptors (Lipinski definition) is 5. The Labute approximate surface area is 126 Å². The van der Waals surface area contributed by atoms with E-state index in [1.807, 2.05) is 0 Å². The molecule has 8 nitrogen and oxygen atoms in total. The van der Waals surface area contributed by atoms with Crippen LogP contribution in [0.4, 0.5) is 11.4 Å². The van der Waals surface area contributed by atoms with Gasteiger partial charge in [0.15, 0.2) is 0 Å². The third kappa shape index (κ3) is 4.86. The first kappa shape index (κ1) is 17.1. The molecule has 0 fully saturated rings. The molecule has 0 unspecified atom stereocenters. The summed E-state index contributed by atoms with van der Waals surface area (Å²) in [6.07, 6.45) is -0.229. The minimum absolute atomic E-state index is 0.0291. The number of nitrogens with one attached hydrogen (secondary N) is 1. The van der Waals surface area contributed by atoms with Crippen molar-refractivity contribution in [2.24, 2.45) is 5.41 Å². The summed E-state index contributed by atoms with van der Waals surface area (Å²) in [6, 6.07) is 5.30. The van der Waals surface area contributed by atoms with E-state index in [1.165, 1.54) is 12.1 Å². The largest absolute Gasteiger partial charge is 0.481 e. The Morgan fingerprint density at radius 1 is 1.41 bits per heavy atom. The van der Waals surface area contributed by atoms with Crippen molar-refractivity contribution < 1.29 is 19.6 Å². The van der Waals surface area contributed by atoms with E-state index in [9.17, 15) is 19.7 Å². The molecule has 1 amide bonds. The van der Waals surface area contributed by atoms with Crippen molar-refractivity contribution in [2.75, 3.05) is 5.32 Å². The number of aliphatic carboxylic acids is 1. The maximum atomic E-state index is 11.9. The van der Waals surface area contributed by atoms with Crippen LogP contribution in [0.2, 0.25) is 0 Å². The van der Waals surface area contributed by atoms with Gasteiger partial charge in [-0.05, 0) is 11.5 Å². The van der Waals surface area contributed by atoms with Crippen LogP contribution in [0, 0.1) is 26.9 Å². The first-order valence-electron chi connectivity index (χ1n) is 6.35. The van der Waals surface area contributed by atoms with E-state index in [-0.39, 0.29) is 29.8 Å². The van der Waals surface area contributed by atoms with Crippen LogP contribution in [0.3, 0.4) is 0 Å². The van der Waals surface area contributed by atoms with Crippen molar-refractivity contribution in [3.63, 3.8) is 0 Å². The number of carbonyl (C=O) groups excluding carboxylic acids is 1. The number of carboxylic acid groups (broad SMARTS) is 1. The highest BCUT2D eigenvalue weighted by Crippen LogP contribution is 2.27. The second-order valence-corrected chi connectivity index (χ2v) is 5.56. The van der Waals surface area contributed by atoms with Crippen molar-refractivity contribution in [3.05, 3.63) is 33.9 Å². The van der Waals surface area contributed by atoms with Gasteiger partial charge < -0.3 is 10.4 Å². The molecule has 22 heavy (non-hydrogen) atoms. The molecule has 0 aliphatic carbocycles. The molecule has 0 saturated carbocycles. The lowest BCUT2D eigenvalue weighted by Crippen LogP contribution is -2.25. The molecule has 8 heteroatoms. The summed E-state index contributed by atoms with van der Waals surface area (Å²) >= 11 is 0. The number of amides is 1. The highest BCUT2D eigenvalue weighted by atomic mass is 16.6. The van der Waals surface area contributed by atoms with Crippen LogP contribution in [-0.2, 0) is 9.59 Å². The van der Waals surface area contributed by atoms with Crippen LogP contribution in [0.5, 0.6) is 0 Å². The Balaban J connectivity index is 2.87. The van der Waals surface area contributed by atoms with Gasteiger partial charge in [0.05, 0.1) is 22.6 Å². The fourth-order valence-electron chi connectivity index (χ4n) is 1.95. The summed E-state index contributed by atoms with van der Waals surface area (Å²) in [4.78, 5) is 32.7. The maximum absolute atomic E-state index is 11.9. The Hall–Kier alpha value is -2.95. The molecule has 0 aliphatic heterocycles. The number of benzene rings is 1. The summed E-state index contributed by atoms with van der Waals surface area (Å²) in [6.45, 7) is 3.28. The summed E-state index contributed by atoms with van der Waals surface area (Å²) in [5.74, 6) is -1.47. The predicted octanol–water partition coefficient (Wildman–Crippen LogP) is 2.30. The highest BCUT2D eigenvalue weighted by molar-refractivity contribution is 5.93. The fraction of sp³-hybridized carbons (Fsp3) is 0.357. The molecule has 0 heterocycles. The van der Waals surface area contributed by atoms with Gasteiger partial charge in [0.2, 0.25) is 5.91 Å². The van der Waals surface area contributed by atoms with E-state index < -0.39 is 22.2 Å². The molecule has 2 N–H and O–H groups in total. The fourth-order valence-corrected chi connectivity index (χ4v) is 1.95. The monoisotopic (exact) mass is 305 g/mol. The van der Waals surface area contributed by atoms with Gasteiger partial charge in [-0.15, -0.1) is 0 Å². The molecular formula is C14H15N3O5. The predicted molar refractivity (Wildman–Crippen MR) is 77.1 cm³/mol. The van der Waals surface area contributed by atoms with Gasteiger partial charge >= 0.3 is 5.97 Å². The first-order chi connectivity index (χ1) is 10.1. The van der Waals surface area contributed by atoms with Crippen LogP contribution in [0.1, 0.15) is 32.3 Å². The minimum Gasteiger partial charge on any atom is -0.481 e. The van der Waals surface area contributed by atoms with Gasteiger partial charge in [0, 0.05) is 18.6 Å². The SMILES string of the molecule is CC(C)(CC(=O)O)CC(=O)Nc1ccc([N+](=O)[O-])cc1C#N. The lowest BCUT2D eigenvalue weighted by molar-refractivity contribution is -0.384. The third-order valence-electron chi connectivity index (χ3n) is 2.88. The molecule has 116 valence electrons. The summed E-state index contributed by atoms with van der Waals surface area (Å²) < 4.78 is 0. The van der Waals surface area contributed by atoms with Gasteiger partial charge in [-0.25, -0.2) is 0 Å². The van der Waals surface area contributed by atoms with Crippen LogP contribution >= 0.6 is 0 Å². The normalized spacial score (nSPS) is 10.6. The summed E-state index contributed by atoms with van der Waals surface area (Å²) in [5.41, 5.74) is -0.868. The van der Waals surface area contributed by atoms with Crippen molar-refractivity contribution >= 4 is 23.3 Å². The topological polar surface area (TPSA) is 133 Å². The van der Waals surface area contributed by atoms with Crippen LogP contribution < -0.4 is 5.32 Å². The Kier molecular flexibility index (Phi) is 5.18. The van der Waals surface area contributed by atoms with E-state index in [4.69, 9.17) is 10.4 Å². The number of anilines is 1. The lowest BCUT2D eigenvalue weighted by Gasteiger charge is -2.21. The Morgan fingerprint density at radius 3 is 2.55 bits per heavy atom. The van der Waals surface area contributed by atoms with E-state index in [1.54, 1.807) is 19.9 Å². The Morgan fingerprint density at radius 2 is 2.05 bits per heavy atom. The van der Waals surface area contributed by atoms with Crippen molar-refractivity contribution in [1.82, 2.24) is 0 Å². The third-order valence-corrected chi connectivity index (χ3v) is 2.88. The second-order valence-electron chi connectivity index (χ2n) is 5.56. The Bertz CT molecular complexity index is 661. The molecule has 0 atom stereocenters. The highest BCUT2D eigenvalue weighted by Gasteiger charge is 2.25. The molecule has 1 rings (SSSR count). The standard InChI is InChI=1S/C14H15N3O5/c1-14(2,7-13(19)20)6-12(18)16-11-4-3-10(17(21)22)5-9(11)8-15/h3-5H,6-7H2,1-2H3,(H,16,18)(H,19,20). The molecule has 0 aromatic heterocycles. The zero-order chi connectivity index (χ0) is 16.9. The van der Waals surface area contributed by atoms with Crippen molar-refractivity contribution in [3.8, 4) is 6.07 Å². The van der Waals surface area contributed by atoms with Crippen LogP contribution in [0.25, 0.3) is 0 Å². The van der Waals surface area contributed by atoms with E-state index in [2.05, 4.69) is 5.32 Å². The van der Waals surface area contributed by atoms with Crippen LogP contribution in [-0.4, -0.2) is 21.9 Å². The number of carbonyl (C=O) groups is 2. The van der Waals surface area contributed by atoms with E-state index >= 15 is 0 Å². The molecule has 0 radical (unpaired) electrons. The number of hydrogen-bond donors (Lipinski definition) is 2. The van der Waals surface area contributed by atoms with E-state index in [0.717, 1.165) is 6.07 Å². The number of nitro groups is 1. The number of non-ortho nitro benzene ring substituents is 1. The molecular weight excluding hydrogens is 290 g/mol. The number of carboxylic acids is 1. The number of nitro benzene ring substituents is 1. The zero-order valence-electron chi connectivity index (χ0n) is 12.1. The average molecular weight is 305 g/mol. The van der Waals surface area contributed by atoms with Crippen molar-refractivity contribution in [1.29, 1.82) is 5.26 Å². The number of rotatable bonds is 6. The van der Waals surface area contributed by atoms with Gasteiger partial charge in [0.1, 0.15) is 6.07 Å². The van der Waals surface area contributed by atoms with E-state index in [0.29, 0.717) is 0 Å². The molecule has 0 saturated heterocycles. The number of nitriles is 1. The molecule has 1 aromatic carbocycles. The summed E-state index contributed by atoms with van der Waals surface area (Å²) in [5, 5.41) is 30.9. The first-order valence-corrected chi connectivity index (χ1v) is 6.35. The maximum Gasteiger partial charge on any atom is 0.303 e. The van der Waals surface area contributed by atoms with Crippen LogP contribution in [0.15, 0.2) is 18.2 Å². The molecule has 1 aromatic rings. The smallest absolute Gasteiger partial charge is 0.303 e. The van der Waals surface area contributed by atoms with Gasteiger partial charge in [-0.1, -0.05) is 13.8 Å². The molecule has 0 aliphatic rings. The average Bonchev–Trinajstić information content (AvgIpc) is 2.36. The molecule has 0 bridgehead atoms. The second kappa shape index (κ2) is 6.67. The zero-order valence-corrected chi connectivity index (χ0v) is 12.1.